The second-order valence-corrected chi connectivity index (χ2v) is 7.11. The van der Waals surface area contributed by atoms with Crippen molar-refractivity contribution in [2.24, 2.45) is 0 Å². The van der Waals surface area contributed by atoms with E-state index in [2.05, 4.69) is 0 Å². The van der Waals surface area contributed by atoms with E-state index >= 15 is 0 Å². The highest BCUT2D eigenvalue weighted by molar-refractivity contribution is 7.89. The van der Waals surface area contributed by atoms with Crippen LogP contribution in [0.1, 0.15) is 0 Å². The van der Waals surface area contributed by atoms with Crippen molar-refractivity contribution in [1.29, 1.82) is 0 Å². The highest BCUT2D eigenvalue weighted by atomic mass is 35.5. The number of aliphatic hydroxyl groups excluding tert-OH is 1. The predicted octanol–water partition coefficient (Wildman–Crippen LogP) is 0.647. The number of piperazine rings is 1. The molecule has 0 bridgehead atoms. The van der Waals surface area contributed by atoms with Crippen LogP contribution < -0.4 is 4.74 Å². The molecule has 118 valence electrons. The monoisotopic (exact) mass is 334 g/mol. The fourth-order valence-electron chi connectivity index (χ4n) is 2.28. The Labute approximate surface area is 129 Å². The topological polar surface area (TPSA) is 70.1 Å². The number of benzene rings is 1. The molecule has 1 aromatic rings. The maximum atomic E-state index is 12.6. The molecule has 0 unspecified atom stereocenters. The Hall–Kier alpha value is -0.860. The molecule has 1 fully saturated rings. The number of hydrogen-bond acceptors (Lipinski definition) is 5. The lowest BCUT2D eigenvalue weighted by atomic mass is 10.3. The molecule has 1 aliphatic heterocycles. The SMILES string of the molecule is COc1cc(S(=O)(=O)N2CCN(CCO)CC2)ccc1Cl. The molecule has 0 saturated carbocycles. The van der Waals surface area contributed by atoms with Crippen LogP contribution in [-0.2, 0) is 10.0 Å². The van der Waals surface area contributed by atoms with Gasteiger partial charge in [-0.15, -0.1) is 0 Å². The van der Waals surface area contributed by atoms with Gasteiger partial charge in [0.05, 0.1) is 23.6 Å². The van der Waals surface area contributed by atoms with Gasteiger partial charge in [0.25, 0.3) is 0 Å². The van der Waals surface area contributed by atoms with Gasteiger partial charge in [-0.2, -0.15) is 4.31 Å². The van der Waals surface area contributed by atoms with Gasteiger partial charge in [0.2, 0.25) is 10.0 Å². The van der Waals surface area contributed by atoms with Gasteiger partial charge in [-0.3, -0.25) is 4.90 Å². The molecule has 1 saturated heterocycles. The van der Waals surface area contributed by atoms with Gasteiger partial charge in [0.15, 0.2) is 0 Å². The molecule has 0 aromatic heterocycles. The largest absolute Gasteiger partial charge is 0.495 e. The van der Waals surface area contributed by atoms with Gasteiger partial charge >= 0.3 is 0 Å². The first-order valence-corrected chi connectivity index (χ1v) is 8.47. The highest BCUT2D eigenvalue weighted by Gasteiger charge is 2.28. The summed E-state index contributed by atoms with van der Waals surface area (Å²) in [4.78, 5) is 2.22. The molecule has 0 atom stereocenters. The average Bonchev–Trinajstić information content (AvgIpc) is 2.48. The zero-order valence-corrected chi connectivity index (χ0v) is 13.4. The Balaban J connectivity index is 2.15. The lowest BCUT2D eigenvalue weighted by Crippen LogP contribution is -2.49. The van der Waals surface area contributed by atoms with Crippen LogP contribution >= 0.6 is 11.6 Å². The summed E-state index contributed by atoms with van der Waals surface area (Å²) in [5.41, 5.74) is 0. The summed E-state index contributed by atoms with van der Waals surface area (Å²) in [5.74, 6) is 0.344. The predicted molar refractivity (Wildman–Crippen MR) is 80.3 cm³/mol. The van der Waals surface area contributed by atoms with Gasteiger partial charge in [-0.05, 0) is 12.1 Å². The van der Waals surface area contributed by atoms with Crippen molar-refractivity contribution >= 4 is 21.6 Å². The summed E-state index contributed by atoms with van der Waals surface area (Å²) >= 11 is 5.92. The van der Waals surface area contributed by atoms with Crippen LogP contribution in [0.5, 0.6) is 5.75 Å². The molecule has 1 aromatic carbocycles. The lowest BCUT2D eigenvalue weighted by Gasteiger charge is -2.33. The quantitative estimate of drug-likeness (QED) is 0.856. The summed E-state index contributed by atoms with van der Waals surface area (Å²) in [6.45, 7) is 2.71. The van der Waals surface area contributed by atoms with Crippen molar-refractivity contribution in [1.82, 2.24) is 9.21 Å². The maximum absolute atomic E-state index is 12.6. The van der Waals surface area contributed by atoms with Gasteiger partial charge in [-0.25, -0.2) is 8.42 Å². The zero-order valence-electron chi connectivity index (χ0n) is 11.8. The number of hydrogen-bond donors (Lipinski definition) is 1. The summed E-state index contributed by atoms with van der Waals surface area (Å²) in [6.07, 6.45) is 0. The highest BCUT2D eigenvalue weighted by Crippen LogP contribution is 2.28. The van der Waals surface area contributed by atoms with Crippen LogP contribution in [0.3, 0.4) is 0 Å². The van der Waals surface area contributed by atoms with E-state index < -0.39 is 10.0 Å². The van der Waals surface area contributed by atoms with Crippen molar-refractivity contribution in [3.8, 4) is 5.75 Å². The van der Waals surface area contributed by atoms with E-state index in [9.17, 15) is 8.42 Å². The molecule has 1 N–H and O–H groups in total. The maximum Gasteiger partial charge on any atom is 0.243 e. The van der Waals surface area contributed by atoms with Gasteiger partial charge in [-0.1, -0.05) is 11.6 Å². The molecule has 8 heteroatoms. The number of halogens is 1. The number of nitrogens with zero attached hydrogens (tertiary/aromatic N) is 2. The van der Waals surface area contributed by atoms with E-state index in [4.69, 9.17) is 21.4 Å². The van der Waals surface area contributed by atoms with Crippen molar-refractivity contribution in [3.63, 3.8) is 0 Å². The number of ether oxygens (including phenoxy) is 1. The van der Waals surface area contributed by atoms with Crippen molar-refractivity contribution in [2.75, 3.05) is 46.4 Å². The van der Waals surface area contributed by atoms with E-state index in [1.807, 2.05) is 4.90 Å². The van der Waals surface area contributed by atoms with E-state index in [0.717, 1.165) is 0 Å². The molecular formula is C13H19ClN2O4S. The molecular weight excluding hydrogens is 316 g/mol. The lowest BCUT2D eigenvalue weighted by molar-refractivity contribution is 0.151. The summed E-state index contributed by atoms with van der Waals surface area (Å²) in [7, 11) is -2.09. The van der Waals surface area contributed by atoms with E-state index in [0.29, 0.717) is 43.5 Å². The third-order valence-corrected chi connectivity index (χ3v) is 5.71. The van der Waals surface area contributed by atoms with Crippen LogP contribution in [0, 0.1) is 0 Å². The fraction of sp³-hybridized carbons (Fsp3) is 0.538. The fourth-order valence-corrected chi connectivity index (χ4v) is 3.92. The number of methoxy groups -OCH3 is 1. The molecule has 0 amide bonds. The minimum Gasteiger partial charge on any atom is -0.495 e. The number of β-amino-alcohol motifs (C(OH)–C–C–N with tert-alkyl or cyclic N) is 1. The van der Waals surface area contributed by atoms with E-state index in [1.165, 1.54) is 29.6 Å². The van der Waals surface area contributed by atoms with Crippen LogP contribution in [0.25, 0.3) is 0 Å². The van der Waals surface area contributed by atoms with Gasteiger partial charge < -0.3 is 9.84 Å². The zero-order chi connectivity index (χ0) is 15.5. The standard InChI is InChI=1S/C13H19ClN2O4S/c1-20-13-10-11(2-3-12(13)14)21(18,19)16-6-4-15(5-7-16)8-9-17/h2-3,10,17H,4-9H2,1H3. The Morgan fingerprint density at radius 1 is 1.29 bits per heavy atom. The first-order valence-electron chi connectivity index (χ1n) is 6.66. The Morgan fingerprint density at radius 3 is 2.52 bits per heavy atom. The van der Waals surface area contributed by atoms with Gasteiger partial charge in [0.1, 0.15) is 5.75 Å². The smallest absolute Gasteiger partial charge is 0.243 e. The van der Waals surface area contributed by atoms with E-state index in [1.54, 1.807) is 0 Å². The van der Waals surface area contributed by atoms with Crippen molar-refractivity contribution in [3.05, 3.63) is 23.2 Å². The van der Waals surface area contributed by atoms with Crippen LogP contribution in [0.4, 0.5) is 0 Å². The van der Waals surface area contributed by atoms with Gasteiger partial charge in [0, 0.05) is 38.8 Å². The molecule has 21 heavy (non-hydrogen) atoms. The summed E-state index contributed by atoms with van der Waals surface area (Å²) in [6, 6.07) is 4.45. The average molecular weight is 335 g/mol. The molecule has 1 aliphatic rings. The summed E-state index contributed by atoms with van der Waals surface area (Å²) in [5, 5.41) is 9.28. The van der Waals surface area contributed by atoms with Crippen LogP contribution in [0.2, 0.25) is 5.02 Å². The number of rotatable bonds is 5. The number of sulfonamides is 1. The number of aliphatic hydroxyl groups is 1. The summed E-state index contributed by atoms with van der Waals surface area (Å²) < 4.78 is 31.7. The third kappa shape index (κ3) is 3.67. The first kappa shape index (κ1) is 16.5. The molecule has 0 spiro atoms. The minimum absolute atomic E-state index is 0.0845. The van der Waals surface area contributed by atoms with Crippen molar-refractivity contribution in [2.45, 2.75) is 4.90 Å². The van der Waals surface area contributed by atoms with Crippen LogP contribution in [-0.4, -0.2) is 69.2 Å². The van der Waals surface area contributed by atoms with Crippen molar-refractivity contribution < 1.29 is 18.3 Å². The Morgan fingerprint density at radius 2 is 1.95 bits per heavy atom. The second kappa shape index (κ2) is 6.93. The molecule has 0 radical (unpaired) electrons. The third-order valence-electron chi connectivity index (χ3n) is 3.51. The van der Waals surface area contributed by atoms with Crippen LogP contribution in [0.15, 0.2) is 23.1 Å². The molecule has 1 heterocycles. The molecule has 0 aliphatic carbocycles. The molecule has 6 nitrogen and oxygen atoms in total. The van der Waals surface area contributed by atoms with E-state index in [-0.39, 0.29) is 11.5 Å². The Kier molecular flexibility index (Phi) is 5.45. The molecule has 2 rings (SSSR count). The normalized spacial score (nSPS) is 17.9. The minimum atomic E-state index is -3.54. The Bertz CT molecular complexity index is 586. The first-order chi connectivity index (χ1) is 9.98. The second-order valence-electron chi connectivity index (χ2n) is 4.77.